The normalized spacial score (nSPS) is 25.7. The molecule has 1 saturated carbocycles. The first-order valence-corrected chi connectivity index (χ1v) is 9.17. The van der Waals surface area contributed by atoms with E-state index in [1.165, 1.54) is 49.1 Å². The fourth-order valence-electron chi connectivity index (χ4n) is 3.20. The van der Waals surface area contributed by atoms with E-state index >= 15 is 0 Å². The fourth-order valence-corrected chi connectivity index (χ4v) is 4.71. The molecule has 0 bridgehead atoms. The molecule has 0 aromatic heterocycles. The predicted molar refractivity (Wildman–Crippen MR) is 82.0 cm³/mol. The van der Waals surface area contributed by atoms with Crippen LogP contribution in [0.1, 0.15) is 43.6 Å². The molecule has 0 spiro atoms. The number of carbonyl (C=O) groups excluding carboxylic acids is 1. The lowest BCUT2D eigenvalue weighted by atomic mass is 9.84. The maximum atomic E-state index is 12.4. The molecule has 1 aliphatic heterocycles. The summed E-state index contributed by atoms with van der Waals surface area (Å²) in [5, 5.41) is 0. The molecule has 2 fully saturated rings. The molecule has 3 rings (SSSR count). The van der Waals surface area contributed by atoms with Crippen LogP contribution in [-0.4, -0.2) is 38.4 Å². The highest BCUT2D eigenvalue weighted by Gasteiger charge is 2.50. The summed E-state index contributed by atoms with van der Waals surface area (Å²) in [7, 11) is -2.32. The Hall–Kier alpha value is -1.40. The number of sulfonamides is 1. The van der Waals surface area contributed by atoms with Crippen LogP contribution in [-0.2, 0) is 19.6 Å². The highest BCUT2D eigenvalue weighted by molar-refractivity contribution is 7.89. The molecule has 1 heterocycles. The van der Waals surface area contributed by atoms with Crippen molar-refractivity contribution in [3.63, 3.8) is 0 Å². The molecule has 1 saturated heterocycles. The van der Waals surface area contributed by atoms with Crippen molar-refractivity contribution in [3.8, 4) is 0 Å². The summed E-state index contributed by atoms with van der Waals surface area (Å²) in [6.07, 6.45) is 6.16. The third-order valence-electron chi connectivity index (χ3n) is 4.60. The Labute approximate surface area is 131 Å². The molecule has 5 nitrogen and oxygen atoms in total. The Kier molecular flexibility index (Phi) is 4.23. The van der Waals surface area contributed by atoms with Gasteiger partial charge in [0.15, 0.2) is 0 Å². The Bertz CT molecular complexity index is 647. The fraction of sp³-hybridized carbons (Fsp3) is 0.562. The van der Waals surface area contributed by atoms with Gasteiger partial charge in [-0.05, 0) is 36.5 Å². The van der Waals surface area contributed by atoms with Gasteiger partial charge in [0.2, 0.25) is 10.0 Å². The second-order valence-electron chi connectivity index (χ2n) is 6.02. The topological polar surface area (TPSA) is 63.5 Å². The van der Waals surface area contributed by atoms with Crippen molar-refractivity contribution in [1.82, 2.24) is 4.31 Å². The maximum Gasteiger partial charge on any atom is 0.325 e. The van der Waals surface area contributed by atoms with Gasteiger partial charge in [-0.25, -0.2) is 8.42 Å². The SMILES string of the molecule is COC(=O)C1CN1S(=O)(=O)c1ccc(C2CCCCC2)cc1. The largest absolute Gasteiger partial charge is 0.468 e. The molecule has 2 atom stereocenters. The van der Waals surface area contributed by atoms with Gasteiger partial charge in [-0.3, -0.25) is 4.79 Å². The van der Waals surface area contributed by atoms with Crippen molar-refractivity contribution in [1.29, 1.82) is 0 Å². The lowest BCUT2D eigenvalue weighted by Gasteiger charge is -2.22. The Morgan fingerprint density at radius 3 is 2.36 bits per heavy atom. The first-order valence-electron chi connectivity index (χ1n) is 7.73. The Morgan fingerprint density at radius 1 is 1.14 bits per heavy atom. The predicted octanol–water partition coefficient (Wildman–Crippen LogP) is 2.28. The number of hydrogen-bond acceptors (Lipinski definition) is 4. The number of benzene rings is 1. The smallest absolute Gasteiger partial charge is 0.325 e. The minimum atomic E-state index is -3.59. The van der Waals surface area contributed by atoms with Gasteiger partial charge >= 0.3 is 5.97 Å². The molecule has 22 heavy (non-hydrogen) atoms. The lowest BCUT2D eigenvalue weighted by Crippen LogP contribution is -2.20. The van der Waals surface area contributed by atoms with Crippen molar-refractivity contribution >= 4 is 16.0 Å². The molecule has 2 unspecified atom stereocenters. The van der Waals surface area contributed by atoms with Crippen molar-refractivity contribution in [2.24, 2.45) is 0 Å². The van der Waals surface area contributed by atoms with E-state index in [9.17, 15) is 13.2 Å². The molecule has 1 aliphatic carbocycles. The van der Waals surface area contributed by atoms with Gasteiger partial charge in [0.25, 0.3) is 0 Å². The molecule has 1 aromatic carbocycles. The third kappa shape index (κ3) is 2.90. The van der Waals surface area contributed by atoms with E-state index in [4.69, 9.17) is 0 Å². The molecule has 2 aliphatic rings. The van der Waals surface area contributed by atoms with Crippen LogP contribution in [0.4, 0.5) is 0 Å². The third-order valence-corrected chi connectivity index (χ3v) is 6.49. The van der Waals surface area contributed by atoms with Gasteiger partial charge in [0, 0.05) is 6.54 Å². The highest BCUT2D eigenvalue weighted by atomic mass is 32.2. The van der Waals surface area contributed by atoms with E-state index in [2.05, 4.69) is 4.74 Å². The summed E-state index contributed by atoms with van der Waals surface area (Å²) >= 11 is 0. The van der Waals surface area contributed by atoms with Crippen LogP contribution in [0.5, 0.6) is 0 Å². The molecule has 0 radical (unpaired) electrons. The van der Waals surface area contributed by atoms with E-state index in [-0.39, 0.29) is 11.4 Å². The molecular weight excluding hydrogens is 302 g/mol. The molecule has 120 valence electrons. The number of esters is 1. The van der Waals surface area contributed by atoms with Crippen LogP contribution in [0, 0.1) is 0 Å². The van der Waals surface area contributed by atoms with Gasteiger partial charge in [-0.2, -0.15) is 4.31 Å². The maximum absolute atomic E-state index is 12.4. The number of hydrogen-bond donors (Lipinski definition) is 0. The van der Waals surface area contributed by atoms with Crippen molar-refractivity contribution in [2.75, 3.05) is 13.7 Å². The molecule has 1 aromatic rings. The summed E-state index contributed by atoms with van der Waals surface area (Å²) in [4.78, 5) is 11.6. The average Bonchev–Trinajstić information content (AvgIpc) is 3.36. The van der Waals surface area contributed by atoms with E-state index < -0.39 is 22.0 Å². The molecule has 0 amide bonds. The molecule has 6 heteroatoms. The summed E-state index contributed by atoms with van der Waals surface area (Å²) in [6, 6.07) is 6.49. The van der Waals surface area contributed by atoms with Gasteiger partial charge in [-0.1, -0.05) is 31.4 Å². The standard InChI is InChI=1S/C16H21NO4S/c1-21-16(18)15-11-17(15)22(19,20)14-9-7-13(8-10-14)12-5-3-2-4-6-12/h7-10,12,15H,2-6,11H2,1H3. The van der Waals surface area contributed by atoms with E-state index in [0.29, 0.717) is 5.92 Å². The number of ether oxygens (including phenoxy) is 1. The van der Waals surface area contributed by atoms with Crippen molar-refractivity contribution in [3.05, 3.63) is 29.8 Å². The first-order chi connectivity index (χ1) is 10.5. The van der Waals surface area contributed by atoms with E-state index in [1.54, 1.807) is 12.1 Å². The van der Waals surface area contributed by atoms with Gasteiger partial charge in [-0.15, -0.1) is 0 Å². The van der Waals surface area contributed by atoms with Crippen LogP contribution >= 0.6 is 0 Å². The molecular formula is C16H21NO4S. The average molecular weight is 323 g/mol. The van der Waals surface area contributed by atoms with Gasteiger partial charge < -0.3 is 4.74 Å². The summed E-state index contributed by atoms with van der Waals surface area (Å²) in [6.45, 7) is 0.208. The summed E-state index contributed by atoms with van der Waals surface area (Å²) in [5.74, 6) is 0.0527. The summed E-state index contributed by atoms with van der Waals surface area (Å²) < 4.78 is 30.6. The zero-order chi connectivity index (χ0) is 15.7. The minimum Gasteiger partial charge on any atom is -0.468 e. The quantitative estimate of drug-likeness (QED) is 0.630. The van der Waals surface area contributed by atoms with Gasteiger partial charge in [0.1, 0.15) is 6.04 Å². The number of rotatable bonds is 4. The lowest BCUT2D eigenvalue weighted by molar-refractivity contribution is -0.140. The minimum absolute atomic E-state index is 0.208. The van der Waals surface area contributed by atoms with E-state index in [1.807, 2.05) is 12.1 Å². The Balaban J connectivity index is 1.74. The monoisotopic (exact) mass is 323 g/mol. The second-order valence-corrected chi connectivity index (χ2v) is 7.91. The first kappa shape index (κ1) is 15.5. The summed E-state index contributed by atoms with van der Waals surface area (Å²) in [5.41, 5.74) is 1.22. The highest BCUT2D eigenvalue weighted by Crippen LogP contribution is 2.34. The van der Waals surface area contributed by atoms with Crippen LogP contribution in [0.2, 0.25) is 0 Å². The van der Waals surface area contributed by atoms with Crippen molar-refractivity contribution in [2.45, 2.75) is 49.0 Å². The number of methoxy groups -OCH3 is 1. The van der Waals surface area contributed by atoms with Gasteiger partial charge in [0.05, 0.1) is 12.0 Å². The van der Waals surface area contributed by atoms with Crippen molar-refractivity contribution < 1.29 is 17.9 Å². The van der Waals surface area contributed by atoms with E-state index in [0.717, 1.165) is 0 Å². The zero-order valence-corrected chi connectivity index (χ0v) is 13.5. The second kappa shape index (κ2) is 6.01. The van der Waals surface area contributed by atoms with Crippen LogP contribution in [0.15, 0.2) is 29.2 Å². The Morgan fingerprint density at radius 2 is 1.77 bits per heavy atom. The number of carbonyl (C=O) groups is 1. The molecule has 0 N–H and O–H groups in total. The zero-order valence-electron chi connectivity index (χ0n) is 12.7. The van der Waals surface area contributed by atoms with Crippen LogP contribution in [0.3, 0.4) is 0 Å². The van der Waals surface area contributed by atoms with Crippen LogP contribution in [0.25, 0.3) is 0 Å². The number of nitrogens with zero attached hydrogens (tertiary/aromatic N) is 1. The van der Waals surface area contributed by atoms with Crippen LogP contribution < -0.4 is 0 Å².